The highest BCUT2D eigenvalue weighted by Gasteiger charge is 2.13. The lowest BCUT2D eigenvalue weighted by Gasteiger charge is -2.15. The minimum absolute atomic E-state index is 0.101. The third-order valence-corrected chi connectivity index (χ3v) is 4.50. The predicted molar refractivity (Wildman–Crippen MR) is 95.4 cm³/mol. The van der Waals surface area contributed by atoms with Crippen molar-refractivity contribution in [1.82, 2.24) is 29.9 Å². The molecular weight excluding hydrogens is 316 g/mol. The minimum Gasteiger partial charge on any atom is -0.394 e. The van der Waals surface area contributed by atoms with Crippen LogP contribution in [0.1, 0.15) is 35.5 Å². The molecule has 132 valence electrons. The van der Waals surface area contributed by atoms with Gasteiger partial charge in [-0.1, -0.05) is 12.1 Å². The summed E-state index contributed by atoms with van der Waals surface area (Å²) in [5.74, 6) is 0. The first-order chi connectivity index (χ1) is 12.1. The maximum absolute atomic E-state index is 9.12. The first kappa shape index (κ1) is 17.3. The second kappa shape index (κ2) is 7.58. The van der Waals surface area contributed by atoms with Crippen molar-refractivity contribution in [2.75, 3.05) is 6.61 Å². The fraction of sp³-hybridized carbons (Fsp3) is 0.389. The number of hydrogen-bond donors (Lipinski definition) is 2. The number of aliphatic hydroxyl groups is 1. The molecule has 0 aliphatic carbocycles. The Labute approximate surface area is 147 Å². The second-order valence-electron chi connectivity index (χ2n) is 6.13. The van der Waals surface area contributed by atoms with Crippen LogP contribution in [-0.2, 0) is 13.1 Å². The Kier molecular flexibility index (Phi) is 5.25. The van der Waals surface area contributed by atoms with E-state index in [-0.39, 0.29) is 12.6 Å². The molecule has 0 fully saturated rings. The molecule has 0 amide bonds. The summed E-state index contributed by atoms with van der Waals surface area (Å²) in [5.41, 5.74) is 5.51. The first-order valence-corrected chi connectivity index (χ1v) is 8.42. The van der Waals surface area contributed by atoms with E-state index in [1.165, 1.54) is 17.5 Å². The Balaban J connectivity index is 1.66. The van der Waals surface area contributed by atoms with Gasteiger partial charge in [0.25, 0.3) is 0 Å². The van der Waals surface area contributed by atoms with E-state index < -0.39 is 0 Å². The zero-order valence-corrected chi connectivity index (χ0v) is 14.8. The van der Waals surface area contributed by atoms with Gasteiger partial charge in [0.2, 0.25) is 0 Å². The molecule has 25 heavy (non-hydrogen) atoms. The molecule has 1 unspecified atom stereocenters. The zero-order valence-electron chi connectivity index (χ0n) is 14.8. The summed E-state index contributed by atoms with van der Waals surface area (Å²) >= 11 is 0. The average Bonchev–Trinajstić information content (AvgIpc) is 3.23. The van der Waals surface area contributed by atoms with Gasteiger partial charge in [-0.2, -0.15) is 10.2 Å². The van der Waals surface area contributed by atoms with Crippen LogP contribution in [0, 0.1) is 13.8 Å². The molecule has 7 heteroatoms. The number of aliphatic hydroxyl groups excluding tert-OH is 1. The van der Waals surface area contributed by atoms with Crippen LogP contribution >= 0.6 is 0 Å². The molecule has 1 aromatic carbocycles. The second-order valence-corrected chi connectivity index (χ2v) is 6.13. The van der Waals surface area contributed by atoms with Crippen LogP contribution in [-0.4, -0.2) is 36.3 Å². The lowest BCUT2D eigenvalue weighted by Crippen LogP contribution is -2.19. The van der Waals surface area contributed by atoms with Gasteiger partial charge < -0.3 is 10.4 Å². The minimum atomic E-state index is 0.101. The smallest absolute Gasteiger partial charge is 0.138 e. The van der Waals surface area contributed by atoms with Crippen LogP contribution in [0.3, 0.4) is 0 Å². The van der Waals surface area contributed by atoms with Crippen molar-refractivity contribution in [3.63, 3.8) is 0 Å². The van der Waals surface area contributed by atoms with Gasteiger partial charge in [-0.15, -0.1) is 0 Å². The van der Waals surface area contributed by atoms with E-state index >= 15 is 0 Å². The van der Waals surface area contributed by atoms with Gasteiger partial charge in [0.15, 0.2) is 0 Å². The lowest BCUT2D eigenvalue weighted by atomic mass is 10.1. The van der Waals surface area contributed by atoms with Crippen LogP contribution in [0.4, 0.5) is 0 Å². The largest absolute Gasteiger partial charge is 0.394 e. The van der Waals surface area contributed by atoms with Gasteiger partial charge in [-0.25, -0.2) is 9.67 Å². The number of aromatic nitrogens is 5. The molecule has 0 bridgehead atoms. The Morgan fingerprint density at radius 3 is 2.60 bits per heavy atom. The molecule has 2 heterocycles. The Bertz CT molecular complexity index is 807. The van der Waals surface area contributed by atoms with Crippen LogP contribution in [0.25, 0.3) is 5.69 Å². The highest BCUT2D eigenvalue weighted by molar-refractivity contribution is 5.34. The fourth-order valence-electron chi connectivity index (χ4n) is 2.93. The number of rotatable bonds is 7. The molecule has 1 atom stereocenters. The molecule has 0 saturated heterocycles. The van der Waals surface area contributed by atoms with Crippen LogP contribution in [0.15, 0.2) is 36.9 Å². The summed E-state index contributed by atoms with van der Waals surface area (Å²) in [6.45, 7) is 7.58. The number of benzene rings is 1. The van der Waals surface area contributed by atoms with Crippen LogP contribution < -0.4 is 5.32 Å². The molecule has 2 N–H and O–H groups in total. The average molecular weight is 340 g/mol. The number of nitrogens with zero attached hydrogens (tertiary/aromatic N) is 5. The summed E-state index contributed by atoms with van der Waals surface area (Å²) in [4.78, 5) is 3.97. The molecule has 3 rings (SSSR count). The van der Waals surface area contributed by atoms with E-state index in [4.69, 9.17) is 5.11 Å². The molecule has 0 aliphatic heterocycles. The fourth-order valence-corrected chi connectivity index (χ4v) is 2.93. The van der Waals surface area contributed by atoms with Gasteiger partial charge in [0, 0.05) is 23.8 Å². The van der Waals surface area contributed by atoms with Gasteiger partial charge >= 0.3 is 0 Å². The standard InChI is InChI=1S/C18H24N6O/c1-13(16-4-6-17(7-5-16)24-12-19-11-21-24)20-10-18-14(2)22-23(8-9-25)15(18)3/h4-7,11-13,20,25H,8-10H2,1-3H3. The van der Waals surface area contributed by atoms with Crippen molar-refractivity contribution in [2.45, 2.75) is 39.9 Å². The van der Waals surface area contributed by atoms with E-state index in [0.29, 0.717) is 6.54 Å². The van der Waals surface area contributed by atoms with Gasteiger partial charge in [-0.3, -0.25) is 4.68 Å². The number of hydrogen-bond acceptors (Lipinski definition) is 5. The van der Waals surface area contributed by atoms with E-state index in [9.17, 15) is 0 Å². The maximum atomic E-state index is 9.12. The van der Waals surface area contributed by atoms with E-state index in [1.807, 2.05) is 30.7 Å². The molecule has 0 saturated carbocycles. The van der Waals surface area contributed by atoms with Crippen molar-refractivity contribution in [1.29, 1.82) is 0 Å². The van der Waals surface area contributed by atoms with Gasteiger partial charge in [0.05, 0.1) is 24.5 Å². The van der Waals surface area contributed by atoms with Gasteiger partial charge in [0.1, 0.15) is 12.7 Å². The van der Waals surface area contributed by atoms with Crippen LogP contribution in [0.2, 0.25) is 0 Å². The number of aryl methyl sites for hydroxylation is 1. The normalized spacial score (nSPS) is 12.5. The summed E-state index contributed by atoms with van der Waals surface area (Å²) in [5, 5.41) is 21.3. The molecule has 3 aromatic rings. The van der Waals surface area contributed by atoms with Gasteiger partial charge in [-0.05, 0) is 38.5 Å². The Hall–Kier alpha value is -2.51. The monoisotopic (exact) mass is 340 g/mol. The predicted octanol–water partition coefficient (Wildman–Crippen LogP) is 1.92. The highest BCUT2D eigenvalue weighted by Crippen LogP contribution is 2.18. The summed E-state index contributed by atoms with van der Waals surface area (Å²) in [6, 6.07) is 8.49. The third kappa shape index (κ3) is 3.78. The molecule has 0 aliphatic rings. The first-order valence-electron chi connectivity index (χ1n) is 8.42. The highest BCUT2D eigenvalue weighted by atomic mass is 16.3. The maximum Gasteiger partial charge on any atom is 0.138 e. The van der Waals surface area contributed by atoms with Crippen molar-refractivity contribution < 1.29 is 5.11 Å². The molecule has 2 aromatic heterocycles. The molecule has 0 spiro atoms. The number of nitrogens with one attached hydrogen (secondary N) is 1. The summed E-state index contributed by atoms with van der Waals surface area (Å²) < 4.78 is 3.61. The topological polar surface area (TPSA) is 80.8 Å². The van der Waals surface area contributed by atoms with Crippen molar-refractivity contribution in [3.05, 3.63) is 59.4 Å². The quantitative estimate of drug-likeness (QED) is 0.687. The van der Waals surface area contributed by atoms with E-state index in [2.05, 4.69) is 39.6 Å². The zero-order chi connectivity index (χ0) is 17.8. The molecule has 7 nitrogen and oxygen atoms in total. The molecule has 0 radical (unpaired) electrons. The van der Waals surface area contributed by atoms with E-state index in [1.54, 1.807) is 11.0 Å². The summed E-state index contributed by atoms with van der Waals surface area (Å²) in [7, 11) is 0. The molecular formula is C18H24N6O. The summed E-state index contributed by atoms with van der Waals surface area (Å²) in [6.07, 6.45) is 3.21. The van der Waals surface area contributed by atoms with Crippen molar-refractivity contribution in [3.8, 4) is 5.69 Å². The Morgan fingerprint density at radius 2 is 1.96 bits per heavy atom. The third-order valence-electron chi connectivity index (χ3n) is 4.50. The van der Waals surface area contributed by atoms with Crippen molar-refractivity contribution >= 4 is 0 Å². The van der Waals surface area contributed by atoms with Crippen molar-refractivity contribution in [2.24, 2.45) is 0 Å². The van der Waals surface area contributed by atoms with Crippen LogP contribution in [0.5, 0.6) is 0 Å². The Morgan fingerprint density at radius 1 is 1.20 bits per heavy atom. The lowest BCUT2D eigenvalue weighted by molar-refractivity contribution is 0.267. The van der Waals surface area contributed by atoms with E-state index in [0.717, 1.165) is 23.6 Å². The SMILES string of the molecule is Cc1nn(CCO)c(C)c1CNC(C)c1ccc(-n2cncn2)cc1.